The summed E-state index contributed by atoms with van der Waals surface area (Å²) in [5.74, 6) is 0.585. The fourth-order valence-corrected chi connectivity index (χ4v) is 2.11. The molecule has 0 aromatic carbocycles. The van der Waals surface area contributed by atoms with E-state index in [1.807, 2.05) is 0 Å². The van der Waals surface area contributed by atoms with E-state index in [1.165, 1.54) is 57.8 Å². The Morgan fingerprint density at radius 1 is 0.938 bits per heavy atom. The Labute approximate surface area is 101 Å². The van der Waals surface area contributed by atoms with E-state index in [1.54, 1.807) is 0 Å². The van der Waals surface area contributed by atoms with Crippen molar-refractivity contribution in [3.63, 3.8) is 0 Å². The molecule has 0 aromatic heterocycles. The van der Waals surface area contributed by atoms with Crippen molar-refractivity contribution in [2.75, 3.05) is 6.61 Å². The molecule has 0 bridgehead atoms. The first-order valence-corrected chi connectivity index (χ1v) is 6.90. The first-order chi connectivity index (χ1) is 7.85. The highest BCUT2D eigenvalue weighted by molar-refractivity contribution is 5.36. The third kappa shape index (κ3) is 10.0. The number of unbranched alkanes of at least 4 members (excludes halogenated alkanes) is 5. The van der Waals surface area contributed by atoms with Crippen LogP contribution in [0.3, 0.4) is 0 Å². The maximum atomic E-state index is 10.1. The van der Waals surface area contributed by atoms with Crippen LogP contribution < -0.4 is 0 Å². The summed E-state index contributed by atoms with van der Waals surface area (Å²) in [5.41, 5.74) is 0. The zero-order valence-corrected chi connectivity index (χ0v) is 11.0. The summed E-state index contributed by atoms with van der Waals surface area (Å²) < 4.78 is 4.86. The van der Waals surface area contributed by atoms with Gasteiger partial charge in [0.25, 0.3) is 6.47 Å². The van der Waals surface area contributed by atoms with Gasteiger partial charge in [-0.05, 0) is 18.8 Å². The largest absolute Gasteiger partial charge is 0.468 e. The summed E-state index contributed by atoms with van der Waals surface area (Å²) in [6, 6.07) is 0. The van der Waals surface area contributed by atoms with Crippen molar-refractivity contribution in [2.45, 2.75) is 71.6 Å². The van der Waals surface area contributed by atoms with Gasteiger partial charge in [0.05, 0.1) is 6.61 Å². The van der Waals surface area contributed by atoms with E-state index in [4.69, 9.17) is 4.74 Å². The smallest absolute Gasteiger partial charge is 0.293 e. The highest BCUT2D eigenvalue weighted by Gasteiger charge is 2.07. The van der Waals surface area contributed by atoms with Crippen LogP contribution in [0.25, 0.3) is 0 Å². The minimum Gasteiger partial charge on any atom is -0.468 e. The Kier molecular flexibility index (Phi) is 12.1. The van der Waals surface area contributed by atoms with Gasteiger partial charge in [-0.3, -0.25) is 4.79 Å². The molecule has 0 aliphatic carbocycles. The van der Waals surface area contributed by atoms with E-state index in [2.05, 4.69) is 13.8 Å². The molecule has 0 saturated heterocycles. The molecule has 0 amide bonds. The van der Waals surface area contributed by atoms with Crippen LogP contribution in [-0.4, -0.2) is 13.1 Å². The van der Waals surface area contributed by atoms with Crippen LogP contribution in [0.15, 0.2) is 0 Å². The molecule has 0 aliphatic heterocycles. The van der Waals surface area contributed by atoms with E-state index in [0.717, 1.165) is 0 Å². The van der Waals surface area contributed by atoms with Crippen molar-refractivity contribution >= 4 is 6.47 Å². The average molecular weight is 228 g/mol. The van der Waals surface area contributed by atoms with Crippen LogP contribution in [0.1, 0.15) is 71.6 Å². The van der Waals surface area contributed by atoms with Crippen molar-refractivity contribution in [3.8, 4) is 0 Å². The third-order valence-electron chi connectivity index (χ3n) is 3.06. The third-order valence-corrected chi connectivity index (χ3v) is 3.06. The molecule has 0 rings (SSSR count). The van der Waals surface area contributed by atoms with Crippen LogP contribution in [-0.2, 0) is 9.53 Å². The zero-order valence-electron chi connectivity index (χ0n) is 11.0. The molecule has 0 saturated carbocycles. The standard InChI is InChI=1S/C14H28O2/c1-3-5-6-7-8-9-11-14(10-4-2)12-16-13-15/h13-14H,3-12H2,1-2H3. The molecule has 1 atom stereocenters. The van der Waals surface area contributed by atoms with Crippen LogP contribution in [0.2, 0.25) is 0 Å². The summed E-state index contributed by atoms with van der Waals surface area (Å²) >= 11 is 0. The second-order valence-corrected chi connectivity index (χ2v) is 4.64. The Morgan fingerprint density at radius 2 is 1.62 bits per heavy atom. The summed E-state index contributed by atoms with van der Waals surface area (Å²) in [7, 11) is 0. The van der Waals surface area contributed by atoms with Gasteiger partial charge in [-0.15, -0.1) is 0 Å². The Bertz CT molecular complexity index is 146. The molecule has 0 radical (unpaired) electrons. The summed E-state index contributed by atoms with van der Waals surface area (Å²) in [6.07, 6.45) is 11.6. The zero-order chi connectivity index (χ0) is 12.1. The lowest BCUT2D eigenvalue weighted by Gasteiger charge is -2.14. The van der Waals surface area contributed by atoms with E-state index < -0.39 is 0 Å². The maximum Gasteiger partial charge on any atom is 0.293 e. The van der Waals surface area contributed by atoms with Gasteiger partial charge in [-0.25, -0.2) is 0 Å². The van der Waals surface area contributed by atoms with E-state index in [0.29, 0.717) is 19.0 Å². The van der Waals surface area contributed by atoms with Gasteiger partial charge < -0.3 is 4.74 Å². The second-order valence-electron chi connectivity index (χ2n) is 4.64. The van der Waals surface area contributed by atoms with Gasteiger partial charge in [0, 0.05) is 0 Å². The van der Waals surface area contributed by atoms with Gasteiger partial charge in [0.2, 0.25) is 0 Å². The van der Waals surface area contributed by atoms with Gasteiger partial charge in [0.1, 0.15) is 0 Å². The molecule has 0 N–H and O–H groups in total. The lowest BCUT2D eigenvalue weighted by Crippen LogP contribution is -2.09. The summed E-state index contributed by atoms with van der Waals surface area (Å²) in [4.78, 5) is 10.1. The monoisotopic (exact) mass is 228 g/mol. The average Bonchev–Trinajstić information content (AvgIpc) is 2.30. The Morgan fingerprint density at radius 3 is 2.25 bits per heavy atom. The van der Waals surface area contributed by atoms with Crippen LogP contribution in [0.4, 0.5) is 0 Å². The highest BCUT2D eigenvalue weighted by atomic mass is 16.5. The van der Waals surface area contributed by atoms with Crippen molar-refractivity contribution in [1.29, 1.82) is 0 Å². The lowest BCUT2D eigenvalue weighted by molar-refractivity contribution is -0.130. The van der Waals surface area contributed by atoms with Crippen molar-refractivity contribution < 1.29 is 9.53 Å². The number of rotatable bonds is 12. The van der Waals surface area contributed by atoms with Crippen LogP contribution in [0.5, 0.6) is 0 Å². The quantitative estimate of drug-likeness (QED) is 0.367. The number of carbonyl (C=O) groups is 1. The molecule has 0 aromatic rings. The van der Waals surface area contributed by atoms with Crippen molar-refractivity contribution in [1.82, 2.24) is 0 Å². The normalized spacial score (nSPS) is 12.4. The highest BCUT2D eigenvalue weighted by Crippen LogP contribution is 2.17. The Hall–Kier alpha value is -0.530. The van der Waals surface area contributed by atoms with Gasteiger partial charge >= 0.3 is 0 Å². The second kappa shape index (κ2) is 12.5. The fourth-order valence-electron chi connectivity index (χ4n) is 2.11. The lowest BCUT2D eigenvalue weighted by atomic mass is 9.97. The first kappa shape index (κ1) is 15.5. The van der Waals surface area contributed by atoms with Crippen molar-refractivity contribution in [3.05, 3.63) is 0 Å². The van der Waals surface area contributed by atoms with Crippen LogP contribution >= 0.6 is 0 Å². The molecular formula is C14H28O2. The number of hydrogen-bond donors (Lipinski definition) is 0. The van der Waals surface area contributed by atoms with E-state index in [9.17, 15) is 4.79 Å². The van der Waals surface area contributed by atoms with E-state index >= 15 is 0 Å². The molecule has 0 aliphatic rings. The van der Waals surface area contributed by atoms with Gasteiger partial charge in [0.15, 0.2) is 0 Å². The van der Waals surface area contributed by atoms with Crippen LogP contribution in [0, 0.1) is 5.92 Å². The molecule has 1 unspecified atom stereocenters. The summed E-state index contributed by atoms with van der Waals surface area (Å²) in [6.45, 7) is 5.62. The number of hydrogen-bond acceptors (Lipinski definition) is 2. The molecular weight excluding hydrogens is 200 g/mol. The molecule has 0 fully saturated rings. The molecule has 96 valence electrons. The van der Waals surface area contributed by atoms with Gasteiger partial charge in [-0.1, -0.05) is 58.8 Å². The minimum absolute atomic E-state index is 0.573. The topological polar surface area (TPSA) is 26.3 Å². The predicted molar refractivity (Wildman–Crippen MR) is 68.4 cm³/mol. The molecule has 0 heterocycles. The molecule has 2 heteroatoms. The first-order valence-electron chi connectivity index (χ1n) is 6.90. The maximum absolute atomic E-state index is 10.1. The fraction of sp³-hybridized carbons (Fsp3) is 0.929. The number of carbonyl (C=O) groups excluding carboxylic acids is 1. The van der Waals surface area contributed by atoms with Crippen molar-refractivity contribution in [2.24, 2.45) is 5.92 Å². The Balaban J connectivity index is 3.39. The molecule has 16 heavy (non-hydrogen) atoms. The minimum atomic E-state index is 0.573. The molecule has 2 nitrogen and oxygen atoms in total. The predicted octanol–water partition coefficient (Wildman–Crippen LogP) is 4.33. The number of ether oxygens (including phenoxy) is 1. The van der Waals surface area contributed by atoms with E-state index in [-0.39, 0.29) is 0 Å². The molecule has 0 spiro atoms. The SMILES string of the molecule is CCCCCCCCC(CCC)COC=O. The van der Waals surface area contributed by atoms with Gasteiger partial charge in [-0.2, -0.15) is 0 Å². The summed E-state index contributed by atoms with van der Waals surface area (Å²) in [5, 5.41) is 0.